The van der Waals surface area contributed by atoms with Gasteiger partial charge in [0, 0.05) is 31.7 Å². The van der Waals surface area contributed by atoms with Gasteiger partial charge in [-0.15, -0.1) is 0 Å². The quantitative estimate of drug-likeness (QED) is 0.671. The molecule has 20 heavy (non-hydrogen) atoms. The van der Waals surface area contributed by atoms with E-state index in [0.29, 0.717) is 18.7 Å². The highest BCUT2D eigenvalue weighted by Gasteiger charge is 2.39. The third-order valence-electron chi connectivity index (χ3n) is 4.70. The Bertz CT molecular complexity index is 308. The van der Waals surface area contributed by atoms with Crippen molar-refractivity contribution in [1.29, 1.82) is 0 Å². The number of fused-ring (bicyclic) bond motifs is 2. The third kappa shape index (κ3) is 4.17. The Morgan fingerprint density at radius 1 is 1.35 bits per heavy atom. The minimum atomic E-state index is -0.396. The molecule has 116 valence electrons. The van der Waals surface area contributed by atoms with Crippen LogP contribution in [-0.2, 0) is 9.53 Å². The van der Waals surface area contributed by atoms with Crippen molar-refractivity contribution in [3.63, 3.8) is 0 Å². The number of piperidine rings is 1. The maximum Gasteiger partial charge on any atom is 0.243 e. The molecule has 1 aliphatic heterocycles. The highest BCUT2D eigenvalue weighted by molar-refractivity contribution is 5.74. The number of rotatable bonds is 7. The van der Waals surface area contributed by atoms with Crippen molar-refractivity contribution in [2.75, 3.05) is 32.8 Å². The van der Waals surface area contributed by atoms with Crippen LogP contribution >= 0.6 is 0 Å². The molecule has 0 radical (unpaired) electrons. The normalized spacial score (nSPS) is 30.6. The van der Waals surface area contributed by atoms with E-state index >= 15 is 0 Å². The molecule has 2 fully saturated rings. The monoisotopic (exact) mass is 283 g/mol. The summed E-state index contributed by atoms with van der Waals surface area (Å²) in [6, 6.07) is 1.27. The lowest BCUT2D eigenvalue weighted by molar-refractivity contribution is -0.122. The van der Waals surface area contributed by atoms with Gasteiger partial charge in [-0.25, -0.2) is 0 Å². The number of nitrogens with one attached hydrogen (secondary N) is 1. The first kappa shape index (κ1) is 15.7. The van der Waals surface area contributed by atoms with Gasteiger partial charge in [-0.05, 0) is 38.5 Å². The molecular weight excluding hydrogens is 254 g/mol. The average molecular weight is 283 g/mol. The predicted molar refractivity (Wildman–Crippen MR) is 79.3 cm³/mol. The van der Waals surface area contributed by atoms with Gasteiger partial charge in [0.25, 0.3) is 0 Å². The molecule has 0 aromatic heterocycles. The van der Waals surface area contributed by atoms with Gasteiger partial charge in [-0.3, -0.25) is 4.79 Å². The minimum absolute atomic E-state index is 0.0281. The van der Waals surface area contributed by atoms with Crippen molar-refractivity contribution in [2.45, 2.75) is 45.2 Å². The van der Waals surface area contributed by atoms with E-state index < -0.39 is 5.91 Å². The number of hydrogen-bond donors (Lipinski definition) is 2. The number of nitrogens with two attached hydrogens (primary N) is 1. The van der Waals surface area contributed by atoms with Crippen molar-refractivity contribution in [1.82, 2.24) is 10.2 Å². The fourth-order valence-corrected chi connectivity index (χ4v) is 3.70. The molecular formula is C15H29N3O2. The maximum atomic E-state index is 10.6. The SMILES string of the molecule is CC(C)N1CC2CCCC(C1)C2NCCOCC(N)=O. The van der Waals surface area contributed by atoms with Crippen LogP contribution in [0.5, 0.6) is 0 Å². The van der Waals surface area contributed by atoms with E-state index in [9.17, 15) is 4.79 Å². The summed E-state index contributed by atoms with van der Waals surface area (Å²) in [6.45, 7) is 8.42. The van der Waals surface area contributed by atoms with Crippen molar-refractivity contribution in [3.05, 3.63) is 0 Å². The van der Waals surface area contributed by atoms with Gasteiger partial charge in [-0.2, -0.15) is 0 Å². The molecule has 1 saturated heterocycles. The molecule has 0 spiro atoms. The second kappa shape index (κ2) is 7.38. The Kier molecular flexibility index (Phi) is 5.81. The Balaban J connectivity index is 1.76. The lowest BCUT2D eigenvalue weighted by atomic mass is 9.73. The summed E-state index contributed by atoms with van der Waals surface area (Å²) in [4.78, 5) is 13.2. The Hall–Kier alpha value is -0.650. The van der Waals surface area contributed by atoms with Crippen molar-refractivity contribution < 1.29 is 9.53 Å². The van der Waals surface area contributed by atoms with Gasteiger partial charge < -0.3 is 20.7 Å². The van der Waals surface area contributed by atoms with Gasteiger partial charge >= 0.3 is 0 Å². The Labute approximate surface area is 122 Å². The molecule has 2 unspecified atom stereocenters. The van der Waals surface area contributed by atoms with E-state index in [1.54, 1.807) is 0 Å². The summed E-state index contributed by atoms with van der Waals surface area (Å²) in [6.07, 6.45) is 4.04. The third-order valence-corrected chi connectivity index (χ3v) is 4.70. The summed E-state index contributed by atoms with van der Waals surface area (Å²) in [5.74, 6) is 1.13. The largest absolute Gasteiger partial charge is 0.370 e. The lowest BCUT2D eigenvalue weighted by Crippen LogP contribution is -2.58. The lowest BCUT2D eigenvalue weighted by Gasteiger charge is -2.49. The molecule has 2 atom stereocenters. The molecule has 5 nitrogen and oxygen atoms in total. The second-order valence-corrected chi connectivity index (χ2v) is 6.50. The van der Waals surface area contributed by atoms with Crippen LogP contribution in [0.15, 0.2) is 0 Å². The fraction of sp³-hybridized carbons (Fsp3) is 0.933. The molecule has 0 aromatic rings. The molecule has 1 amide bonds. The highest BCUT2D eigenvalue weighted by Crippen LogP contribution is 2.35. The van der Waals surface area contributed by atoms with Gasteiger partial charge in [0.05, 0.1) is 6.61 Å². The number of likely N-dealkylation sites (tertiary alicyclic amines) is 1. The topological polar surface area (TPSA) is 67.6 Å². The molecule has 1 heterocycles. The molecule has 1 aliphatic carbocycles. The zero-order valence-electron chi connectivity index (χ0n) is 12.8. The summed E-state index contributed by atoms with van der Waals surface area (Å²) in [7, 11) is 0. The van der Waals surface area contributed by atoms with Gasteiger partial charge in [0.1, 0.15) is 6.61 Å². The van der Waals surface area contributed by atoms with Crippen LogP contribution in [0.2, 0.25) is 0 Å². The summed E-state index contributed by atoms with van der Waals surface area (Å²) in [5.41, 5.74) is 5.05. The molecule has 2 aliphatic rings. The van der Waals surface area contributed by atoms with E-state index in [4.69, 9.17) is 10.5 Å². The van der Waals surface area contributed by atoms with Gasteiger partial charge in [0.2, 0.25) is 5.91 Å². The minimum Gasteiger partial charge on any atom is -0.370 e. The number of ether oxygens (including phenoxy) is 1. The number of amides is 1. The van der Waals surface area contributed by atoms with Gasteiger partial charge in [-0.1, -0.05) is 6.42 Å². The molecule has 2 rings (SSSR count). The first-order chi connectivity index (χ1) is 9.58. The number of carbonyl (C=O) groups is 1. The number of primary amides is 1. The summed E-state index contributed by atoms with van der Waals surface area (Å²) >= 11 is 0. The average Bonchev–Trinajstić information content (AvgIpc) is 2.36. The predicted octanol–water partition coefficient (Wildman–Crippen LogP) is 0.587. The highest BCUT2D eigenvalue weighted by atomic mass is 16.5. The number of nitrogens with zero attached hydrogens (tertiary/aromatic N) is 1. The first-order valence-corrected chi connectivity index (χ1v) is 7.91. The maximum absolute atomic E-state index is 10.6. The molecule has 5 heteroatoms. The molecule has 0 aromatic carbocycles. The molecule has 3 N–H and O–H groups in total. The summed E-state index contributed by atoms with van der Waals surface area (Å²) in [5, 5.41) is 3.65. The molecule has 2 bridgehead atoms. The number of carbonyl (C=O) groups excluding carboxylic acids is 1. The van der Waals surface area contributed by atoms with Crippen molar-refractivity contribution >= 4 is 5.91 Å². The zero-order valence-corrected chi connectivity index (χ0v) is 12.8. The Morgan fingerprint density at radius 2 is 2.00 bits per heavy atom. The standard InChI is InChI=1S/C15H29N3O2/c1-11(2)18-8-12-4-3-5-13(9-18)15(12)17-6-7-20-10-14(16)19/h11-13,15,17H,3-10H2,1-2H3,(H2,16,19). The van der Waals surface area contributed by atoms with Crippen LogP contribution in [0.25, 0.3) is 0 Å². The molecule has 1 saturated carbocycles. The van der Waals surface area contributed by atoms with Crippen LogP contribution in [0.3, 0.4) is 0 Å². The van der Waals surface area contributed by atoms with Crippen LogP contribution in [0.4, 0.5) is 0 Å². The fourth-order valence-electron chi connectivity index (χ4n) is 3.70. The van der Waals surface area contributed by atoms with Crippen molar-refractivity contribution in [2.24, 2.45) is 17.6 Å². The van der Waals surface area contributed by atoms with Crippen LogP contribution in [-0.4, -0.2) is 55.7 Å². The van der Waals surface area contributed by atoms with E-state index in [1.807, 2.05) is 0 Å². The number of hydrogen-bond acceptors (Lipinski definition) is 4. The summed E-state index contributed by atoms with van der Waals surface area (Å²) < 4.78 is 5.22. The van der Waals surface area contributed by atoms with E-state index in [1.165, 1.54) is 32.4 Å². The van der Waals surface area contributed by atoms with E-state index in [0.717, 1.165) is 18.4 Å². The smallest absolute Gasteiger partial charge is 0.243 e. The van der Waals surface area contributed by atoms with Crippen LogP contribution in [0, 0.1) is 11.8 Å². The Morgan fingerprint density at radius 3 is 2.55 bits per heavy atom. The van der Waals surface area contributed by atoms with E-state index in [-0.39, 0.29) is 6.61 Å². The first-order valence-electron chi connectivity index (χ1n) is 7.91. The zero-order chi connectivity index (χ0) is 14.5. The second-order valence-electron chi connectivity index (χ2n) is 6.50. The van der Waals surface area contributed by atoms with Crippen LogP contribution < -0.4 is 11.1 Å². The van der Waals surface area contributed by atoms with Crippen molar-refractivity contribution in [3.8, 4) is 0 Å². The van der Waals surface area contributed by atoms with Gasteiger partial charge in [0.15, 0.2) is 0 Å². The van der Waals surface area contributed by atoms with Crippen LogP contribution in [0.1, 0.15) is 33.1 Å². The van der Waals surface area contributed by atoms with E-state index in [2.05, 4.69) is 24.1 Å².